The molecule has 0 bridgehead atoms. The minimum Gasteiger partial charge on any atom is -0.389 e. The zero-order valence-corrected chi connectivity index (χ0v) is 11.3. The highest BCUT2D eigenvalue weighted by atomic mass is 32.1. The number of halogens is 1. The smallest absolute Gasteiger partial charge is 0.241 e. The summed E-state index contributed by atoms with van der Waals surface area (Å²) >= 11 is 4.77. The standard InChI is InChI=1S/C13H16FN3OS/c14-10-7-9(13(15)19)3-4-11(10)16-8-12(18)17-5-1-2-6-17/h3-4,7,16H,1-2,5-6,8H2,(H2,15,19). The first kappa shape index (κ1) is 13.7. The molecule has 0 aliphatic carbocycles. The van der Waals surface area contributed by atoms with Gasteiger partial charge in [0.2, 0.25) is 5.91 Å². The van der Waals surface area contributed by atoms with Gasteiger partial charge in [0.05, 0.1) is 12.2 Å². The molecule has 1 aliphatic rings. The normalized spacial score (nSPS) is 14.5. The second kappa shape index (κ2) is 5.97. The molecule has 3 N–H and O–H groups in total. The van der Waals surface area contributed by atoms with Gasteiger partial charge in [-0.3, -0.25) is 4.79 Å². The van der Waals surface area contributed by atoms with Crippen molar-refractivity contribution in [3.8, 4) is 0 Å². The summed E-state index contributed by atoms with van der Waals surface area (Å²) in [4.78, 5) is 13.7. The molecule has 1 saturated heterocycles. The van der Waals surface area contributed by atoms with Gasteiger partial charge in [0.25, 0.3) is 0 Å². The van der Waals surface area contributed by atoms with Gasteiger partial charge in [-0.2, -0.15) is 0 Å². The van der Waals surface area contributed by atoms with Crippen molar-refractivity contribution in [1.29, 1.82) is 0 Å². The lowest BCUT2D eigenvalue weighted by Gasteiger charge is -2.16. The molecule has 1 fully saturated rings. The van der Waals surface area contributed by atoms with Crippen molar-refractivity contribution >= 4 is 28.8 Å². The number of hydrogen-bond donors (Lipinski definition) is 2. The molecular weight excluding hydrogens is 265 g/mol. The fourth-order valence-electron chi connectivity index (χ4n) is 2.06. The van der Waals surface area contributed by atoms with E-state index in [-0.39, 0.29) is 23.1 Å². The number of carbonyl (C=O) groups excluding carboxylic acids is 1. The summed E-state index contributed by atoms with van der Waals surface area (Å²) < 4.78 is 13.7. The van der Waals surface area contributed by atoms with Gasteiger partial charge in [-0.25, -0.2) is 4.39 Å². The molecule has 0 spiro atoms. The quantitative estimate of drug-likeness (QED) is 0.821. The summed E-state index contributed by atoms with van der Waals surface area (Å²) in [5.41, 5.74) is 6.18. The number of thiocarbonyl (C=S) groups is 1. The minimum atomic E-state index is -0.459. The Hall–Kier alpha value is -1.69. The molecule has 0 saturated carbocycles. The lowest BCUT2D eigenvalue weighted by atomic mass is 10.2. The number of anilines is 1. The average molecular weight is 281 g/mol. The van der Waals surface area contributed by atoms with Gasteiger partial charge in [0.1, 0.15) is 10.8 Å². The zero-order valence-electron chi connectivity index (χ0n) is 10.5. The van der Waals surface area contributed by atoms with E-state index in [4.69, 9.17) is 18.0 Å². The van der Waals surface area contributed by atoms with Crippen LogP contribution in [0, 0.1) is 5.82 Å². The van der Waals surface area contributed by atoms with Crippen molar-refractivity contribution in [3.05, 3.63) is 29.6 Å². The molecular formula is C13H16FN3OS. The van der Waals surface area contributed by atoms with Crippen LogP contribution in [0.25, 0.3) is 0 Å². The van der Waals surface area contributed by atoms with Crippen LogP contribution in [0.2, 0.25) is 0 Å². The maximum Gasteiger partial charge on any atom is 0.241 e. The molecule has 0 unspecified atom stereocenters. The number of nitrogens with two attached hydrogens (primary N) is 1. The number of hydrogen-bond acceptors (Lipinski definition) is 3. The van der Waals surface area contributed by atoms with Crippen molar-refractivity contribution in [1.82, 2.24) is 4.90 Å². The topological polar surface area (TPSA) is 58.4 Å². The van der Waals surface area contributed by atoms with Crippen LogP contribution >= 0.6 is 12.2 Å². The van der Waals surface area contributed by atoms with Gasteiger partial charge in [0.15, 0.2) is 0 Å². The highest BCUT2D eigenvalue weighted by molar-refractivity contribution is 7.80. The third-order valence-corrected chi connectivity index (χ3v) is 3.38. The lowest BCUT2D eigenvalue weighted by Crippen LogP contribution is -2.33. The minimum absolute atomic E-state index is 0.00433. The molecule has 19 heavy (non-hydrogen) atoms. The van der Waals surface area contributed by atoms with E-state index in [9.17, 15) is 9.18 Å². The number of benzene rings is 1. The Bertz CT molecular complexity index is 501. The van der Waals surface area contributed by atoms with Crippen LogP contribution in [0.4, 0.5) is 10.1 Å². The van der Waals surface area contributed by atoms with Gasteiger partial charge >= 0.3 is 0 Å². The summed E-state index contributed by atoms with van der Waals surface area (Å²) in [5, 5.41) is 2.81. The van der Waals surface area contributed by atoms with E-state index < -0.39 is 5.82 Å². The van der Waals surface area contributed by atoms with Crippen LogP contribution in [-0.2, 0) is 4.79 Å². The molecule has 1 amide bonds. The molecule has 1 aromatic carbocycles. The summed E-state index contributed by atoms with van der Waals surface area (Å²) in [5.74, 6) is -0.463. The highest BCUT2D eigenvalue weighted by Crippen LogP contribution is 2.16. The van der Waals surface area contributed by atoms with Crippen LogP contribution < -0.4 is 11.1 Å². The largest absolute Gasteiger partial charge is 0.389 e. The van der Waals surface area contributed by atoms with Crippen LogP contribution in [0.3, 0.4) is 0 Å². The number of rotatable bonds is 4. The van der Waals surface area contributed by atoms with Crippen LogP contribution in [0.15, 0.2) is 18.2 Å². The Morgan fingerprint density at radius 1 is 1.42 bits per heavy atom. The molecule has 2 rings (SSSR count). The lowest BCUT2D eigenvalue weighted by molar-refractivity contribution is -0.128. The third kappa shape index (κ3) is 3.41. The van der Waals surface area contributed by atoms with Gasteiger partial charge < -0.3 is 16.0 Å². The molecule has 1 heterocycles. The SMILES string of the molecule is NC(=S)c1ccc(NCC(=O)N2CCCC2)c(F)c1. The maximum absolute atomic E-state index is 13.7. The Kier molecular flexibility index (Phi) is 4.31. The fourth-order valence-corrected chi connectivity index (χ4v) is 2.19. The number of likely N-dealkylation sites (tertiary alicyclic amines) is 1. The average Bonchev–Trinajstić information content (AvgIpc) is 2.90. The van der Waals surface area contributed by atoms with E-state index in [0.717, 1.165) is 25.9 Å². The fraction of sp³-hybridized carbons (Fsp3) is 0.385. The Labute approximate surface area is 116 Å². The van der Waals surface area contributed by atoms with Crippen molar-refractivity contribution in [2.45, 2.75) is 12.8 Å². The predicted molar refractivity (Wildman–Crippen MR) is 76.6 cm³/mol. The van der Waals surface area contributed by atoms with Gasteiger partial charge in [0, 0.05) is 18.7 Å². The van der Waals surface area contributed by atoms with Crippen molar-refractivity contribution in [2.24, 2.45) is 5.73 Å². The van der Waals surface area contributed by atoms with Gasteiger partial charge in [-0.05, 0) is 31.0 Å². The molecule has 1 aliphatic heterocycles. The van der Waals surface area contributed by atoms with E-state index in [1.807, 2.05) is 0 Å². The predicted octanol–water partition coefficient (Wildman–Crippen LogP) is 1.49. The monoisotopic (exact) mass is 281 g/mol. The van der Waals surface area contributed by atoms with E-state index in [1.165, 1.54) is 6.07 Å². The van der Waals surface area contributed by atoms with Crippen molar-refractivity contribution in [3.63, 3.8) is 0 Å². The first-order chi connectivity index (χ1) is 9.08. The summed E-state index contributed by atoms with van der Waals surface area (Å²) in [6.07, 6.45) is 2.09. The first-order valence-corrected chi connectivity index (χ1v) is 6.60. The number of carbonyl (C=O) groups is 1. The van der Waals surface area contributed by atoms with E-state index in [2.05, 4.69) is 5.32 Å². The van der Waals surface area contributed by atoms with E-state index in [0.29, 0.717) is 5.56 Å². The number of nitrogens with one attached hydrogen (secondary N) is 1. The van der Waals surface area contributed by atoms with Crippen molar-refractivity contribution < 1.29 is 9.18 Å². The Balaban J connectivity index is 1.95. The van der Waals surface area contributed by atoms with Crippen LogP contribution in [-0.4, -0.2) is 35.4 Å². The van der Waals surface area contributed by atoms with E-state index >= 15 is 0 Å². The third-order valence-electron chi connectivity index (χ3n) is 3.14. The number of nitrogens with zero attached hydrogens (tertiary/aromatic N) is 1. The summed E-state index contributed by atoms with van der Waals surface area (Å²) in [6.45, 7) is 1.69. The Morgan fingerprint density at radius 2 is 2.11 bits per heavy atom. The number of amides is 1. The van der Waals surface area contributed by atoms with Crippen LogP contribution in [0.1, 0.15) is 18.4 Å². The molecule has 0 atom stereocenters. The van der Waals surface area contributed by atoms with Crippen LogP contribution in [0.5, 0.6) is 0 Å². The molecule has 102 valence electrons. The Morgan fingerprint density at radius 3 is 2.68 bits per heavy atom. The van der Waals surface area contributed by atoms with E-state index in [1.54, 1.807) is 17.0 Å². The molecule has 1 aromatic rings. The summed E-state index contributed by atoms with van der Waals surface area (Å²) in [6, 6.07) is 4.44. The van der Waals surface area contributed by atoms with Gasteiger partial charge in [-0.1, -0.05) is 12.2 Å². The molecule has 0 radical (unpaired) electrons. The maximum atomic E-state index is 13.7. The summed E-state index contributed by atoms with van der Waals surface area (Å²) in [7, 11) is 0. The second-order valence-corrected chi connectivity index (χ2v) is 4.94. The first-order valence-electron chi connectivity index (χ1n) is 6.19. The van der Waals surface area contributed by atoms with Crippen molar-refractivity contribution in [2.75, 3.05) is 25.0 Å². The second-order valence-electron chi connectivity index (χ2n) is 4.50. The molecule has 0 aromatic heterocycles. The molecule has 6 heteroatoms. The van der Waals surface area contributed by atoms with Gasteiger partial charge in [-0.15, -0.1) is 0 Å². The molecule has 4 nitrogen and oxygen atoms in total. The highest BCUT2D eigenvalue weighted by Gasteiger charge is 2.17. The zero-order chi connectivity index (χ0) is 13.8.